The van der Waals surface area contributed by atoms with Gasteiger partial charge in [0.05, 0.1) is 80.1 Å². The van der Waals surface area contributed by atoms with E-state index < -0.39 is 164 Å². The van der Waals surface area contributed by atoms with Crippen LogP contribution in [0.2, 0.25) is 0 Å². The van der Waals surface area contributed by atoms with Crippen LogP contribution in [-0.2, 0) is 59.2 Å². The molecule has 45 heteroatoms. The molecule has 374 valence electrons. The van der Waals surface area contributed by atoms with Crippen LogP contribution in [0, 0.1) is 20.2 Å². The Bertz CT molecular complexity index is 3830. The average molecular weight is 1240 g/mol. The molecule has 6 rings (SSSR count). The van der Waals surface area contributed by atoms with Gasteiger partial charge in [-0.1, -0.05) is 0 Å². The SMILES string of the molecule is Nc1c(N=Nc2cc(S(=O)(=O)[O-])c3cc(S(=O)(=O)[O-])c(N=Nc4ccc([N+](=O)[O-])cc4SOO[O-])c(O)c3c2)c(S(=O)(=O)[O-])cc2cc(SOO[O-])c(N=Nc3ccc([N+](=O)[O-])cc3S(=O)(=O)[O-])c(O)c12.[Na+].[Na+].[Na+].[Na+].[Na+].[Na+]. The van der Waals surface area contributed by atoms with Gasteiger partial charge in [0.15, 0.2) is 11.5 Å². The first-order valence-electron chi connectivity index (χ1n) is 17.4. The predicted molar refractivity (Wildman–Crippen MR) is 222 cm³/mol. The summed E-state index contributed by atoms with van der Waals surface area (Å²) in [5, 5.41) is 91.5. The Morgan fingerprint density at radius 3 is 1.48 bits per heavy atom. The van der Waals surface area contributed by atoms with Gasteiger partial charge in [-0.05, 0) is 47.9 Å². The summed E-state index contributed by atoms with van der Waals surface area (Å²) in [4.78, 5) is 14.1. The van der Waals surface area contributed by atoms with Gasteiger partial charge in [0.25, 0.3) is 11.4 Å². The van der Waals surface area contributed by atoms with Crippen LogP contribution in [0.4, 0.5) is 51.2 Å². The maximum absolute atomic E-state index is 12.6. The number of benzene rings is 6. The number of nitrogen functional groups attached to an aromatic ring is 1. The summed E-state index contributed by atoms with van der Waals surface area (Å²) >= 11 is -0.0185. The van der Waals surface area contributed by atoms with E-state index in [9.17, 15) is 92.8 Å². The van der Waals surface area contributed by atoms with E-state index in [1.165, 1.54) is 0 Å². The Labute approximate surface area is 571 Å². The third kappa shape index (κ3) is 18.2. The second-order valence-electron chi connectivity index (χ2n) is 13.1. The van der Waals surface area contributed by atoms with Gasteiger partial charge in [-0.2, -0.15) is 13.8 Å². The number of azo groups is 3. The van der Waals surface area contributed by atoms with Crippen molar-refractivity contribution in [3.8, 4) is 11.5 Å². The predicted octanol–water partition coefficient (Wildman–Crippen LogP) is -13.8. The van der Waals surface area contributed by atoms with Gasteiger partial charge in [-0.15, -0.1) is 25.6 Å². The van der Waals surface area contributed by atoms with Crippen LogP contribution in [0.5, 0.6) is 11.5 Å². The Morgan fingerprint density at radius 1 is 0.494 bits per heavy atom. The number of aromatic hydroxyl groups is 2. The number of fused-ring (bicyclic) bond motifs is 2. The molecule has 0 atom stereocenters. The molecule has 0 aliphatic carbocycles. The van der Waals surface area contributed by atoms with E-state index in [1.807, 2.05) is 0 Å². The third-order valence-corrected chi connectivity index (χ3v) is 13.6. The zero-order chi connectivity index (χ0) is 52.5. The van der Waals surface area contributed by atoms with Gasteiger partial charge >= 0.3 is 177 Å². The molecule has 0 spiro atoms. The standard InChI is InChI=1S/C32H21N9O24S6.6Na/c33-27-26-12(5-21(67-65-63-49)28(32(26)43)37-36-19-4-2-15(41(46)47)10-23(19)69(53,54)55)6-24(70(56,57)58)29(27)38-34-13-7-17-16(22(8-13)68(50,51)52)11-25(71(59,60)61)30(31(17)42)39-35-18-3-1-14(40(44)45)9-20(18)66-64-62-48;;;;;;/h1-11,42-43,48-49H,33H2,(H,50,51,52)(H,53,54,55)(H,56,57,58)(H,59,60,61);;;;;;/q;6*+1/p-6. The van der Waals surface area contributed by atoms with E-state index in [0.29, 0.717) is 36.4 Å². The van der Waals surface area contributed by atoms with Crippen LogP contribution < -0.4 is 194 Å². The molecule has 77 heavy (non-hydrogen) atoms. The molecule has 6 aromatic rings. The molecule has 0 amide bonds. The smallest absolute Gasteiger partial charge is 0.744 e. The summed E-state index contributed by atoms with van der Waals surface area (Å²) in [7, 11) is -22.9. The monoisotopic (exact) mass is 1240 g/mol. The van der Waals surface area contributed by atoms with Crippen LogP contribution in [0.15, 0.2) is 127 Å². The molecule has 0 aliphatic heterocycles. The fourth-order valence-electron chi connectivity index (χ4n) is 6.00. The first-order valence-corrected chi connectivity index (χ1v) is 24.6. The number of nitrogens with zero attached hydrogens (tertiary/aromatic N) is 8. The van der Waals surface area contributed by atoms with Crippen LogP contribution in [0.1, 0.15) is 0 Å². The minimum absolute atomic E-state index is 0. The quantitative estimate of drug-likeness (QED) is 0.0105. The summed E-state index contributed by atoms with van der Waals surface area (Å²) in [5.74, 6) is -2.60. The fourth-order valence-corrected chi connectivity index (χ4v) is 9.58. The molecular formula is C32H15N9Na6O24S6. The number of rotatable bonds is 18. The zero-order valence-corrected chi connectivity index (χ0v) is 56.2. The molecule has 0 saturated carbocycles. The fraction of sp³-hybridized carbons (Fsp3) is 0. The molecule has 0 aromatic heterocycles. The van der Waals surface area contributed by atoms with Crippen molar-refractivity contribution in [2.75, 3.05) is 5.73 Å². The van der Waals surface area contributed by atoms with E-state index in [2.05, 4.69) is 49.4 Å². The number of phenols is 2. The first kappa shape index (κ1) is 75.9. The topological polar surface area (TPSA) is 539 Å². The van der Waals surface area contributed by atoms with Crippen LogP contribution >= 0.6 is 24.1 Å². The van der Waals surface area contributed by atoms with Crippen molar-refractivity contribution in [2.45, 2.75) is 29.4 Å². The van der Waals surface area contributed by atoms with Crippen molar-refractivity contribution in [1.82, 2.24) is 0 Å². The van der Waals surface area contributed by atoms with Gasteiger partial charge in [0.1, 0.15) is 68.9 Å². The number of nitrogens with two attached hydrogens (primary N) is 1. The molecule has 0 radical (unpaired) electrons. The summed E-state index contributed by atoms with van der Waals surface area (Å²) in [5.41, 5.74) is -1.72. The van der Waals surface area contributed by atoms with Crippen LogP contribution in [0.3, 0.4) is 0 Å². The molecule has 0 saturated heterocycles. The number of nitro groups is 2. The maximum atomic E-state index is 12.6. The number of hydrogen-bond acceptors (Lipinski definition) is 33. The van der Waals surface area contributed by atoms with Crippen molar-refractivity contribution in [2.24, 2.45) is 30.7 Å². The molecule has 6 aromatic carbocycles. The molecule has 0 unspecified atom stereocenters. The summed E-state index contributed by atoms with van der Waals surface area (Å²) in [6, 6.07) is 6.83. The largest absolute Gasteiger partial charge is 1.00 e. The summed E-state index contributed by atoms with van der Waals surface area (Å²) in [6.45, 7) is 0. The van der Waals surface area contributed by atoms with E-state index in [1.54, 1.807) is 0 Å². The van der Waals surface area contributed by atoms with Gasteiger partial charge in [0.2, 0.25) is 0 Å². The second kappa shape index (κ2) is 31.0. The van der Waals surface area contributed by atoms with Crippen molar-refractivity contribution >= 4 is 137 Å². The van der Waals surface area contributed by atoms with Crippen LogP contribution in [0.25, 0.3) is 21.5 Å². The van der Waals surface area contributed by atoms with Crippen molar-refractivity contribution in [3.63, 3.8) is 0 Å². The van der Waals surface area contributed by atoms with E-state index >= 15 is 0 Å². The van der Waals surface area contributed by atoms with E-state index in [0.717, 1.165) is 24.3 Å². The molecule has 33 nitrogen and oxygen atoms in total. The average Bonchev–Trinajstić information content (AvgIpc) is 3.27. The Morgan fingerprint density at radius 2 is 0.961 bits per heavy atom. The number of phenolic OH excluding ortho intramolecular Hbond substituents is 2. The number of non-ortho nitro benzene ring substituents is 2. The van der Waals surface area contributed by atoms with Crippen LogP contribution in [-0.4, -0.2) is 71.9 Å². The molecule has 0 bridgehead atoms. The third-order valence-electron chi connectivity index (χ3n) is 8.90. The van der Waals surface area contributed by atoms with Crippen molar-refractivity contribution in [3.05, 3.63) is 87.0 Å². The molecule has 0 heterocycles. The Hall–Kier alpha value is -1.06. The van der Waals surface area contributed by atoms with Crippen molar-refractivity contribution in [1.29, 1.82) is 0 Å². The minimum Gasteiger partial charge on any atom is -0.744 e. The van der Waals surface area contributed by atoms with Crippen molar-refractivity contribution < 1.29 is 279 Å². The Kier molecular flexibility index (Phi) is 30.6. The number of anilines is 1. The van der Waals surface area contributed by atoms with Gasteiger partial charge in [-0.3, -0.25) is 30.3 Å². The summed E-state index contributed by atoms with van der Waals surface area (Å²) < 4.78 is 157. The molecule has 0 fully saturated rings. The maximum Gasteiger partial charge on any atom is 1.00 e. The minimum atomic E-state index is -5.81. The van der Waals surface area contributed by atoms with Gasteiger partial charge in [0, 0.05) is 35.0 Å². The zero-order valence-electron chi connectivity index (χ0n) is 39.3. The first-order chi connectivity index (χ1) is 33.1. The molecule has 4 N–H and O–H groups in total. The second-order valence-corrected chi connectivity index (χ2v) is 20.0. The summed E-state index contributed by atoms with van der Waals surface area (Å²) in [6.07, 6.45) is 0. The Balaban J connectivity index is 0.00000963. The van der Waals surface area contributed by atoms with E-state index in [-0.39, 0.29) is 207 Å². The number of hydrogen-bond donors (Lipinski definition) is 3. The number of nitro benzene ring substituents is 2. The molecule has 0 aliphatic rings. The van der Waals surface area contributed by atoms with Gasteiger partial charge in [-0.25, -0.2) is 33.7 Å². The van der Waals surface area contributed by atoms with Gasteiger partial charge < -0.3 is 44.7 Å². The van der Waals surface area contributed by atoms with E-state index in [4.69, 9.17) is 5.73 Å². The normalized spacial score (nSPS) is 11.8. The molecular weight excluding hydrogens is 1220 g/mol.